The minimum Gasteiger partial charge on any atom is -0.383 e. The van der Waals surface area contributed by atoms with E-state index in [0.717, 1.165) is 22.4 Å². The zero-order valence-corrected chi connectivity index (χ0v) is 12.2. The van der Waals surface area contributed by atoms with Crippen molar-refractivity contribution < 1.29 is 0 Å². The van der Waals surface area contributed by atoms with E-state index in [4.69, 9.17) is 5.73 Å². The first kappa shape index (κ1) is 13.3. The zero-order chi connectivity index (χ0) is 15.8. The van der Waals surface area contributed by atoms with Gasteiger partial charge in [0.25, 0.3) is 5.56 Å². The summed E-state index contributed by atoms with van der Waals surface area (Å²) in [6.07, 6.45) is 0. The Morgan fingerprint density at radius 2 is 1.52 bits per heavy atom. The van der Waals surface area contributed by atoms with Gasteiger partial charge in [0.15, 0.2) is 5.65 Å². The summed E-state index contributed by atoms with van der Waals surface area (Å²) >= 11 is 0. The van der Waals surface area contributed by atoms with Crippen molar-refractivity contribution >= 4 is 11.5 Å². The monoisotopic (exact) mass is 302 g/mol. The van der Waals surface area contributed by atoms with Gasteiger partial charge in [-0.2, -0.15) is 0 Å². The number of aromatic amines is 1. The number of nitrogens with two attached hydrogens (primary N) is 1. The molecule has 2 aromatic heterocycles. The van der Waals surface area contributed by atoms with Gasteiger partial charge in [-0.15, -0.1) is 0 Å². The Balaban J connectivity index is 2.14. The summed E-state index contributed by atoms with van der Waals surface area (Å²) in [6, 6.07) is 21.0. The first-order valence-electron chi connectivity index (χ1n) is 7.26. The van der Waals surface area contributed by atoms with Crippen LogP contribution in [0.2, 0.25) is 0 Å². The fourth-order valence-electron chi connectivity index (χ4n) is 2.75. The highest BCUT2D eigenvalue weighted by Gasteiger charge is 2.17. The number of hydrogen-bond donors (Lipinski definition) is 2. The third-order valence-corrected chi connectivity index (χ3v) is 3.76. The molecule has 0 spiro atoms. The number of rotatable bonds is 2. The molecular formula is C18H14N4O. The lowest BCUT2D eigenvalue weighted by atomic mass is 10.0. The van der Waals surface area contributed by atoms with E-state index >= 15 is 0 Å². The molecule has 0 aliphatic carbocycles. The Hall–Kier alpha value is -3.34. The molecule has 2 heterocycles. The molecule has 5 nitrogen and oxygen atoms in total. The number of fused-ring (bicyclic) bond motifs is 1. The normalized spacial score (nSPS) is 11.0. The van der Waals surface area contributed by atoms with Gasteiger partial charge in [0.1, 0.15) is 5.82 Å². The lowest BCUT2D eigenvalue weighted by Gasteiger charge is -2.04. The van der Waals surface area contributed by atoms with Crippen molar-refractivity contribution in [1.29, 1.82) is 0 Å². The number of nitrogens with zero attached hydrogens (tertiary/aromatic N) is 2. The standard InChI is InChI=1S/C18H14N4O/c19-14-11-15(23)22-18(20-14)16(12-7-3-1-4-8-12)17(21-22)13-9-5-2-6-10-13/h1-11,21H,19H2. The van der Waals surface area contributed by atoms with E-state index in [1.54, 1.807) is 0 Å². The van der Waals surface area contributed by atoms with Crippen LogP contribution in [-0.4, -0.2) is 14.6 Å². The van der Waals surface area contributed by atoms with Gasteiger partial charge >= 0.3 is 0 Å². The number of hydrogen-bond acceptors (Lipinski definition) is 3. The number of nitrogens with one attached hydrogen (secondary N) is 1. The topological polar surface area (TPSA) is 76.2 Å². The van der Waals surface area contributed by atoms with E-state index in [-0.39, 0.29) is 11.4 Å². The van der Waals surface area contributed by atoms with Gasteiger partial charge < -0.3 is 5.73 Å². The molecular weight excluding hydrogens is 288 g/mol. The van der Waals surface area contributed by atoms with Gasteiger partial charge in [-0.25, -0.2) is 9.50 Å². The Labute approximate surface area is 132 Å². The van der Waals surface area contributed by atoms with Crippen LogP contribution in [0.1, 0.15) is 0 Å². The largest absolute Gasteiger partial charge is 0.383 e. The van der Waals surface area contributed by atoms with Crippen LogP contribution in [0.4, 0.5) is 5.82 Å². The highest BCUT2D eigenvalue weighted by atomic mass is 16.1. The number of anilines is 1. The summed E-state index contributed by atoms with van der Waals surface area (Å²) in [5.74, 6) is 0.214. The molecule has 0 atom stereocenters. The average Bonchev–Trinajstić information content (AvgIpc) is 2.96. The van der Waals surface area contributed by atoms with Gasteiger partial charge in [0.05, 0.1) is 11.3 Å². The molecule has 2 aromatic carbocycles. The summed E-state index contributed by atoms with van der Waals surface area (Å²) in [6.45, 7) is 0. The van der Waals surface area contributed by atoms with Crippen molar-refractivity contribution in [3.05, 3.63) is 77.1 Å². The highest BCUT2D eigenvalue weighted by Crippen LogP contribution is 2.33. The average molecular weight is 302 g/mol. The first-order valence-corrected chi connectivity index (χ1v) is 7.26. The predicted molar refractivity (Wildman–Crippen MR) is 91.1 cm³/mol. The molecule has 0 saturated carbocycles. The van der Waals surface area contributed by atoms with E-state index in [1.807, 2.05) is 60.7 Å². The van der Waals surface area contributed by atoms with Gasteiger partial charge in [-0.3, -0.25) is 9.89 Å². The molecule has 0 bridgehead atoms. The summed E-state index contributed by atoms with van der Waals surface area (Å²) < 4.78 is 1.43. The van der Waals surface area contributed by atoms with Crippen LogP contribution < -0.4 is 11.3 Å². The Bertz CT molecular complexity index is 1030. The molecule has 0 unspecified atom stereocenters. The third kappa shape index (κ3) is 2.19. The van der Waals surface area contributed by atoms with Crippen molar-refractivity contribution in [2.45, 2.75) is 0 Å². The number of benzene rings is 2. The molecule has 5 heteroatoms. The second kappa shape index (κ2) is 5.14. The molecule has 112 valence electrons. The molecule has 3 N–H and O–H groups in total. The SMILES string of the molecule is Nc1cc(=O)n2[nH]c(-c3ccccc3)c(-c3ccccc3)c2n1. The van der Waals surface area contributed by atoms with Crippen LogP contribution in [0, 0.1) is 0 Å². The lowest BCUT2D eigenvalue weighted by molar-refractivity contribution is 0.905. The smallest absolute Gasteiger partial charge is 0.274 e. The predicted octanol–water partition coefficient (Wildman–Crippen LogP) is 2.94. The zero-order valence-electron chi connectivity index (χ0n) is 12.2. The summed E-state index contributed by atoms with van der Waals surface area (Å²) in [5.41, 5.74) is 9.74. The van der Waals surface area contributed by atoms with Gasteiger partial charge in [0.2, 0.25) is 0 Å². The molecule has 0 aliphatic rings. The summed E-state index contributed by atoms with van der Waals surface area (Å²) in [5, 5.41) is 3.16. The Kier molecular flexibility index (Phi) is 2.98. The number of nitrogen functional groups attached to an aromatic ring is 1. The quantitative estimate of drug-likeness (QED) is 0.597. The molecule has 0 radical (unpaired) electrons. The van der Waals surface area contributed by atoms with E-state index in [1.165, 1.54) is 10.6 Å². The van der Waals surface area contributed by atoms with Crippen LogP contribution in [0.5, 0.6) is 0 Å². The number of aromatic nitrogens is 3. The van der Waals surface area contributed by atoms with Crippen molar-refractivity contribution in [3.63, 3.8) is 0 Å². The third-order valence-electron chi connectivity index (χ3n) is 3.76. The Morgan fingerprint density at radius 1 is 0.913 bits per heavy atom. The van der Waals surface area contributed by atoms with E-state index in [0.29, 0.717) is 5.65 Å². The Morgan fingerprint density at radius 3 is 2.17 bits per heavy atom. The van der Waals surface area contributed by atoms with Gasteiger partial charge in [-0.05, 0) is 5.56 Å². The minimum absolute atomic E-state index is 0.214. The van der Waals surface area contributed by atoms with Crippen molar-refractivity contribution in [2.75, 3.05) is 5.73 Å². The molecule has 4 aromatic rings. The van der Waals surface area contributed by atoms with E-state index in [9.17, 15) is 4.79 Å². The summed E-state index contributed by atoms with van der Waals surface area (Å²) in [4.78, 5) is 16.6. The number of H-pyrrole nitrogens is 1. The second-order valence-corrected chi connectivity index (χ2v) is 5.27. The van der Waals surface area contributed by atoms with Crippen LogP contribution in [0.3, 0.4) is 0 Å². The molecule has 0 aliphatic heterocycles. The fraction of sp³-hybridized carbons (Fsp3) is 0. The van der Waals surface area contributed by atoms with Crippen molar-refractivity contribution in [1.82, 2.24) is 14.6 Å². The van der Waals surface area contributed by atoms with E-state index in [2.05, 4.69) is 10.1 Å². The molecule has 0 saturated heterocycles. The molecule has 0 fully saturated rings. The van der Waals surface area contributed by atoms with E-state index < -0.39 is 0 Å². The van der Waals surface area contributed by atoms with Crippen LogP contribution >= 0.6 is 0 Å². The van der Waals surface area contributed by atoms with Crippen LogP contribution in [-0.2, 0) is 0 Å². The summed E-state index contributed by atoms with van der Waals surface area (Å²) in [7, 11) is 0. The van der Waals surface area contributed by atoms with Crippen molar-refractivity contribution in [3.8, 4) is 22.4 Å². The van der Waals surface area contributed by atoms with Crippen LogP contribution in [0.25, 0.3) is 28.0 Å². The lowest BCUT2D eigenvalue weighted by Crippen LogP contribution is -2.15. The molecule has 4 rings (SSSR count). The molecule has 0 amide bonds. The maximum atomic E-state index is 12.2. The minimum atomic E-state index is -0.230. The maximum absolute atomic E-state index is 12.2. The molecule has 23 heavy (non-hydrogen) atoms. The van der Waals surface area contributed by atoms with Crippen LogP contribution in [0.15, 0.2) is 71.5 Å². The first-order chi connectivity index (χ1) is 11.2. The second-order valence-electron chi connectivity index (χ2n) is 5.27. The maximum Gasteiger partial charge on any atom is 0.274 e. The fourth-order valence-corrected chi connectivity index (χ4v) is 2.75. The van der Waals surface area contributed by atoms with Gasteiger partial charge in [-0.1, -0.05) is 60.7 Å². The van der Waals surface area contributed by atoms with Crippen molar-refractivity contribution in [2.24, 2.45) is 0 Å². The van der Waals surface area contributed by atoms with Gasteiger partial charge in [0, 0.05) is 11.6 Å². The highest BCUT2D eigenvalue weighted by molar-refractivity contribution is 5.90.